The first kappa shape index (κ1) is 20.1. The number of ether oxygens (including phenoxy) is 1. The standard InChI is InChI=1S/C20H21N3O6S/c1-2-29-17-8-6-15(7-9-17)22-19-13-30(27,28)12-18(19)21(20(22)24)11-14-4-3-5-16(10-14)23(25)26/h3-10,18-19H,2,11-13H2,1H3/t18-,19+/m0/s1. The summed E-state index contributed by atoms with van der Waals surface area (Å²) in [5, 5.41) is 11.1. The van der Waals surface area contributed by atoms with Crippen molar-refractivity contribution in [2.75, 3.05) is 23.0 Å². The van der Waals surface area contributed by atoms with Crippen LogP contribution in [0.25, 0.3) is 0 Å². The highest BCUT2D eigenvalue weighted by atomic mass is 32.2. The number of fused-ring (bicyclic) bond motifs is 1. The van der Waals surface area contributed by atoms with Gasteiger partial charge in [0.15, 0.2) is 9.84 Å². The van der Waals surface area contributed by atoms with Crippen LogP contribution in [0, 0.1) is 10.1 Å². The van der Waals surface area contributed by atoms with Gasteiger partial charge in [0, 0.05) is 24.4 Å². The van der Waals surface area contributed by atoms with Gasteiger partial charge in [0.05, 0.1) is 35.1 Å². The minimum absolute atomic E-state index is 0.0712. The molecular weight excluding hydrogens is 410 g/mol. The minimum Gasteiger partial charge on any atom is -0.494 e. The predicted octanol–water partition coefficient (Wildman–Crippen LogP) is 2.60. The topological polar surface area (TPSA) is 110 Å². The van der Waals surface area contributed by atoms with Crippen molar-refractivity contribution in [2.45, 2.75) is 25.6 Å². The summed E-state index contributed by atoms with van der Waals surface area (Å²) in [6, 6.07) is 11.7. The fourth-order valence-electron chi connectivity index (χ4n) is 4.10. The lowest BCUT2D eigenvalue weighted by Crippen LogP contribution is -2.37. The first-order valence-electron chi connectivity index (χ1n) is 9.55. The van der Waals surface area contributed by atoms with E-state index >= 15 is 0 Å². The third-order valence-electron chi connectivity index (χ3n) is 5.38. The number of nitrogens with zero attached hydrogens (tertiary/aromatic N) is 3. The van der Waals surface area contributed by atoms with Gasteiger partial charge in [-0.05, 0) is 36.8 Å². The molecule has 2 saturated heterocycles. The predicted molar refractivity (Wildman–Crippen MR) is 110 cm³/mol. The van der Waals surface area contributed by atoms with Gasteiger partial charge in [0.2, 0.25) is 0 Å². The van der Waals surface area contributed by atoms with Crippen molar-refractivity contribution in [1.29, 1.82) is 0 Å². The van der Waals surface area contributed by atoms with Gasteiger partial charge in [-0.2, -0.15) is 0 Å². The summed E-state index contributed by atoms with van der Waals surface area (Å²) in [5.41, 5.74) is 1.10. The zero-order valence-corrected chi connectivity index (χ0v) is 17.1. The molecule has 2 aromatic carbocycles. The van der Waals surface area contributed by atoms with E-state index in [1.807, 2.05) is 6.92 Å². The molecule has 158 valence electrons. The molecule has 0 spiro atoms. The number of nitro groups is 1. The zero-order valence-electron chi connectivity index (χ0n) is 16.3. The monoisotopic (exact) mass is 431 g/mol. The van der Waals surface area contributed by atoms with E-state index in [1.54, 1.807) is 36.4 Å². The lowest BCUT2D eigenvalue weighted by Gasteiger charge is -2.23. The molecule has 2 atom stereocenters. The molecule has 0 radical (unpaired) electrons. The van der Waals surface area contributed by atoms with Crippen molar-refractivity contribution < 1.29 is 22.9 Å². The molecule has 0 aliphatic carbocycles. The van der Waals surface area contributed by atoms with Crippen molar-refractivity contribution in [3.8, 4) is 5.75 Å². The van der Waals surface area contributed by atoms with E-state index in [1.165, 1.54) is 21.9 Å². The van der Waals surface area contributed by atoms with E-state index in [0.29, 0.717) is 23.6 Å². The molecule has 2 heterocycles. The molecule has 2 aliphatic heterocycles. The number of hydrogen-bond donors (Lipinski definition) is 0. The Balaban J connectivity index is 1.65. The number of carbonyl (C=O) groups excluding carboxylic acids is 1. The van der Waals surface area contributed by atoms with Crippen LogP contribution in [0.1, 0.15) is 12.5 Å². The lowest BCUT2D eigenvalue weighted by molar-refractivity contribution is -0.384. The normalized spacial score (nSPS) is 22.2. The lowest BCUT2D eigenvalue weighted by atomic mass is 10.1. The van der Waals surface area contributed by atoms with Crippen LogP contribution in [0.2, 0.25) is 0 Å². The average molecular weight is 431 g/mol. The summed E-state index contributed by atoms with van der Waals surface area (Å²) < 4.78 is 30.1. The zero-order chi connectivity index (χ0) is 21.5. The maximum Gasteiger partial charge on any atom is 0.325 e. The Hall–Kier alpha value is -3.14. The van der Waals surface area contributed by atoms with Crippen LogP contribution in [-0.2, 0) is 16.4 Å². The van der Waals surface area contributed by atoms with Gasteiger partial charge in [-0.1, -0.05) is 12.1 Å². The summed E-state index contributed by atoms with van der Waals surface area (Å²) >= 11 is 0. The van der Waals surface area contributed by atoms with Crippen molar-refractivity contribution in [2.24, 2.45) is 0 Å². The van der Waals surface area contributed by atoms with Crippen LogP contribution in [0.3, 0.4) is 0 Å². The van der Waals surface area contributed by atoms with Gasteiger partial charge in [0.1, 0.15) is 5.75 Å². The number of amides is 2. The van der Waals surface area contributed by atoms with E-state index < -0.39 is 26.8 Å². The fraction of sp³-hybridized carbons (Fsp3) is 0.350. The van der Waals surface area contributed by atoms with Gasteiger partial charge in [-0.25, -0.2) is 13.2 Å². The van der Waals surface area contributed by atoms with Crippen LogP contribution in [-0.4, -0.2) is 54.5 Å². The summed E-state index contributed by atoms with van der Waals surface area (Å²) in [7, 11) is -3.30. The number of sulfone groups is 1. The van der Waals surface area contributed by atoms with E-state index in [-0.39, 0.29) is 29.8 Å². The summed E-state index contributed by atoms with van der Waals surface area (Å²) in [6.45, 7) is 2.49. The van der Waals surface area contributed by atoms with E-state index in [4.69, 9.17) is 4.74 Å². The Morgan fingerprint density at radius 1 is 1.13 bits per heavy atom. The van der Waals surface area contributed by atoms with Crippen LogP contribution < -0.4 is 9.64 Å². The SMILES string of the molecule is CCOc1ccc(N2C(=O)N(Cc3cccc([N+](=O)[O-])c3)[C@H]3CS(=O)(=O)C[C@H]32)cc1. The molecule has 0 N–H and O–H groups in total. The van der Waals surface area contributed by atoms with Gasteiger partial charge >= 0.3 is 6.03 Å². The van der Waals surface area contributed by atoms with Crippen molar-refractivity contribution in [3.63, 3.8) is 0 Å². The van der Waals surface area contributed by atoms with Crippen LogP contribution in [0.5, 0.6) is 5.75 Å². The second-order valence-corrected chi connectivity index (χ2v) is 9.50. The summed E-state index contributed by atoms with van der Waals surface area (Å²) in [6.07, 6.45) is 0. The quantitative estimate of drug-likeness (QED) is 0.395. The van der Waals surface area contributed by atoms with Crippen molar-refractivity contribution >= 4 is 27.2 Å². The molecule has 4 rings (SSSR count). The number of non-ortho nitro benzene ring substituents is 1. The largest absolute Gasteiger partial charge is 0.494 e. The molecule has 0 aromatic heterocycles. The molecule has 2 aliphatic rings. The molecular formula is C20H21N3O6S. The third kappa shape index (κ3) is 3.70. The third-order valence-corrected chi connectivity index (χ3v) is 7.08. The maximum absolute atomic E-state index is 13.3. The van der Waals surface area contributed by atoms with Crippen molar-refractivity contribution in [3.05, 3.63) is 64.2 Å². The number of benzene rings is 2. The second-order valence-electron chi connectivity index (χ2n) is 7.35. The molecule has 0 saturated carbocycles. The van der Waals surface area contributed by atoms with E-state index in [2.05, 4.69) is 0 Å². The average Bonchev–Trinajstić information content (AvgIpc) is 3.13. The second kappa shape index (κ2) is 7.60. The molecule has 0 unspecified atom stereocenters. The summed E-state index contributed by atoms with van der Waals surface area (Å²) in [4.78, 5) is 26.8. The van der Waals surface area contributed by atoms with Crippen LogP contribution in [0.4, 0.5) is 16.2 Å². The van der Waals surface area contributed by atoms with E-state index in [0.717, 1.165) is 0 Å². The molecule has 0 bridgehead atoms. The Labute approximate surface area is 173 Å². The van der Waals surface area contributed by atoms with Gasteiger partial charge < -0.3 is 9.64 Å². The first-order valence-corrected chi connectivity index (χ1v) is 11.4. The number of carbonyl (C=O) groups is 1. The molecule has 2 aromatic rings. The van der Waals surface area contributed by atoms with Crippen molar-refractivity contribution in [1.82, 2.24) is 4.90 Å². The Morgan fingerprint density at radius 2 is 1.83 bits per heavy atom. The molecule has 10 heteroatoms. The number of anilines is 1. The van der Waals surface area contributed by atoms with Gasteiger partial charge in [-0.15, -0.1) is 0 Å². The van der Waals surface area contributed by atoms with Crippen LogP contribution in [0.15, 0.2) is 48.5 Å². The Morgan fingerprint density at radius 3 is 2.50 bits per heavy atom. The minimum atomic E-state index is -3.30. The molecule has 9 nitrogen and oxygen atoms in total. The van der Waals surface area contributed by atoms with Gasteiger partial charge in [0.25, 0.3) is 5.69 Å². The maximum atomic E-state index is 13.3. The van der Waals surface area contributed by atoms with Crippen LogP contribution >= 0.6 is 0 Å². The highest BCUT2D eigenvalue weighted by Crippen LogP contribution is 2.36. The molecule has 2 amide bonds. The number of urea groups is 1. The smallest absolute Gasteiger partial charge is 0.325 e. The molecule has 30 heavy (non-hydrogen) atoms. The van der Waals surface area contributed by atoms with Gasteiger partial charge in [-0.3, -0.25) is 15.0 Å². The number of nitro benzene ring substituents is 1. The Bertz CT molecular complexity index is 1090. The van der Waals surface area contributed by atoms with E-state index in [9.17, 15) is 23.3 Å². The first-order chi connectivity index (χ1) is 14.3. The summed E-state index contributed by atoms with van der Waals surface area (Å²) in [5.74, 6) is 0.436. The molecule has 2 fully saturated rings. The fourth-order valence-corrected chi connectivity index (χ4v) is 6.05. The number of rotatable bonds is 6. The highest BCUT2D eigenvalue weighted by molar-refractivity contribution is 7.91. The highest BCUT2D eigenvalue weighted by Gasteiger charge is 2.53. The Kier molecular flexibility index (Phi) is 5.10. The number of hydrogen-bond acceptors (Lipinski definition) is 6.